The summed E-state index contributed by atoms with van der Waals surface area (Å²) < 4.78 is 6.06. The van der Waals surface area contributed by atoms with Crippen LogP contribution in [0.15, 0.2) is 24.3 Å². The Hall–Kier alpha value is -0.860. The minimum atomic E-state index is 0.508. The van der Waals surface area contributed by atoms with Gasteiger partial charge in [0, 0.05) is 12.0 Å². The zero-order valence-electron chi connectivity index (χ0n) is 13.6. The molecule has 0 spiro atoms. The second-order valence-corrected chi connectivity index (χ2v) is 7.04. The molecule has 1 aromatic rings. The Balaban J connectivity index is 1.67. The number of rotatable bonds is 6. The molecule has 2 heteroatoms. The molecule has 4 atom stereocenters. The molecule has 4 unspecified atom stereocenters. The van der Waals surface area contributed by atoms with Crippen LogP contribution in [0.1, 0.15) is 57.1 Å². The van der Waals surface area contributed by atoms with Gasteiger partial charge in [0.05, 0.1) is 12.2 Å². The summed E-state index contributed by atoms with van der Waals surface area (Å²) in [7, 11) is 0. The second-order valence-electron chi connectivity index (χ2n) is 7.04. The quantitative estimate of drug-likeness (QED) is 0.857. The smallest absolute Gasteiger partial charge is 0.0623 e. The molecule has 0 aromatic heterocycles. The molecule has 2 aliphatic rings. The van der Waals surface area contributed by atoms with Gasteiger partial charge in [-0.2, -0.15) is 0 Å². The largest absolute Gasteiger partial charge is 0.375 e. The van der Waals surface area contributed by atoms with E-state index in [1.807, 2.05) is 0 Å². The predicted octanol–water partition coefficient (Wildman–Crippen LogP) is 3.90. The van der Waals surface area contributed by atoms with Crippen molar-refractivity contribution in [2.45, 2.75) is 70.6 Å². The summed E-state index contributed by atoms with van der Waals surface area (Å²) in [6.07, 6.45) is 5.99. The fraction of sp³-hybridized carbons (Fsp3) is 0.684. The summed E-state index contributed by atoms with van der Waals surface area (Å²) in [5, 5.41) is 3.72. The van der Waals surface area contributed by atoms with E-state index >= 15 is 0 Å². The van der Waals surface area contributed by atoms with E-state index in [0.29, 0.717) is 30.1 Å². The van der Waals surface area contributed by atoms with Gasteiger partial charge in [-0.3, -0.25) is 0 Å². The lowest BCUT2D eigenvalue weighted by atomic mass is 9.81. The van der Waals surface area contributed by atoms with E-state index < -0.39 is 0 Å². The van der Waals surface area contributed by atoms with Crippen molar-refractivity contribution in [1.29, 1.82) is 0 Å². The monoisotopic (exact) mass is 287 g/mol. The molecule has 3 rings (SSSR count). The number of benzene rings is 1. The average Bonchev–Trinajstić information content (AvgIpc) is 3.10. The Morgan fingerprint density at radius 1 is 1.19 bits per heavy atom. The van der Waals surface area contributed by atoms with E-state index in [1.54, 1.807) is 0 Å². The van der Waals surface area contributed by atoms with Crippen LogP contribution in [-0.2, 0) is 11.2 Å². The summed E-state index contributed by atoms with van der Waals surface area (Å²) >= 11 is 0. The number of hydrogen-bond acceptors (Lipinski definition) is 2. The summed E-state index contributed by atoms with van der Waals surface area (Å²) in [4.78, 5) is 0. The third kappa shape index (κ3) is 3.32. The number of hydrogen-bond donors (Lipinski definition) is 1. The van der Waals surface area contributed by atoms with Gasteiger partial charge in [-0.05, 0) is 49.3 Å². The van der Waals surface area contributed by atoms with Crippen LogP contribution in [0.3, 0.4) is 0 Å². The average molecular weight is 287 g/mol. The fourth-order valence-electron chi connectivity index (χ4n) is 4.03. The van der Waals surface area contributed by atoms with Crippen LogP contribution in [0.2, 0.25) is 0 Å². The molecule has 0 radical (unpaired) electrons. The Morgan fingerprint density at radius 2 is 1.95 bits per heavy atom. The fourth-order valence-corrected chi connectivity index (χ4v) is 4.03. The number of ether oxygens (including phenoxy) is 1. The third-order valence-electron chi connectivity index (χ3n) is 5.24. The predicted molar refractivity (Wildman–Crippen MR) is 87.7 cm³/mol. The Labute approximate surface area is 129 Å². The Morgan fingerprint density at radius 3 is 2.48 bits per heavy atom. The highest BCUT2D eigenvalue weighted by Gasteiger charge is 2.43. The normalized spacial score (nSPS) is 29.2. The summed E-state index contributed by atoms with van der Waals surface area (Å²) in [6, 6.07) is 9.78. The molecule has 1 aromatic carbocycles. The van der Waals surface area contributed by atoms with E-state index in [9.17, 15) is 0 Å². The number of likely N-dealkylation sites (N-methyl/N-ethyl adjacent to an activating group) is 1. The van der Waals surface area contributed by atoms with Crippen LogP contribution in [0, 0.1) is 5.92 Å². The molecule has 21 heavy (non-hydrogen) atoms. The van der Waals surface area contributed by atoms with Gasteiger partial charge in [0.15, 0.2) is 0 Å². The van der Waals surface area contributed by atoms with Crippen LogP contribution >= 0.6 is 0 Å². The van der Waals surface area contributed by atoms with E-state index in [1.165, 1.54) is 30.4 Å². The molecule has 116 valence electrons. The van der Waals surface area contributed by atoms with Crippen LogP contribution in [-0.4, -0.2) is 24.8 Å². The second kappa shape index (κ2) is 6.50. The lowest BCUT2D eigenvalue weighted by Crippen LogP contribution is -2.42. The first-order valence-electron chi connectivity index (χ1n) is 8.65. The highest BCUT2D eigenvalue weighted by Crippen LogP contribution is 2.41. The van der Waals surface area contributed by atoms with Gasteiger partial charge in [0.2, 0.25) is 0 Å². The zero-order valence-corrected chi connectivity index (χ0v) is 13.6. The lowest BCUT2D eigenvalue weighted by molar-refractivity contribution is 0.0858. The first kappa shape index (κ1) is 15.1. The van der Waals surface area contributed by atoms with Gasteiger partial charge >= 0.3 is 0 Å². The molecule has 1 N–H and O–H groups in total. The topological polar surface area (TPSA) is 21.3 Å². The highest BCUT2D eigenvalue weighted by atomic mass is 16.5. The summed E-state index contributed by atoms with van der Waals surface area (Å²) in [5.41, 5.74) is 2.88. The summed E-state index contributed by atoms with van der Waals surface area (Å²) in [5.74, 6) is 1.32. The van der Waals surface area contributed by atoms with Gasteiger partial charge in [0.25, 0.3) is 0 Å². The molecule has 2 saturated heterocycles. The maximum Gasteiger partial charge on any atom is 0.0623 e. The van der Waals surface area contributed by atoms with Crippen molar-refractivity contribution < 1.29 is 4.74 Å². The van der Waals surface area contributed by atoms with Gasteiger partial charge in [-0.15, -0.1) is 0 Å². The van der Waals surface area contributed by atoms with Crippen molar-refractivity contribution in [3.63, 3.8) is 0 Å². The minimum Gasteiger partial charge on any atom is -0.375 e. The third-order valence-corrected chi connectivity index (χ3v) is 5.24. The van der Waals surface area contributed by atoms with Crippen molar-refractivity contribution in [2.75, 3.05) is 6.54 Å². The van der Waals surface area contributed by atoms with E-state index in [2.05, 4.69) is 50.4 Å². The first-order chi connectivity index (χ1) is 10.2. The molecule has 2 heterocycles. The van der Waals surface area contributed by atoms with Crippen LogP contribution in [0.25, 0.3) is 0 Å². The van der Waals surface area contributed by atoms with E-state index in [-0.39, 0.29) is 0 Å². The lowest BCUT2D eigenvalue weighted by Gasteiger charge is -2.29. The SMILES string of the molecule is CCNC(Cc1ccc(C(C)C)cc1)C1CC2CCC1O2. The van der Waals surface area contributed by atoms with Gasteiger partial charge in [-0.25, -0.2) is 0 Å². The van der Waals surface area contributed by atoms with Crippen molar-refractivity contribution >= 4 is 0 Å². The van der Waals surface area contributed by atoms with Gasteiger partial charge < -0.3 is 10.1 Å². The number of nitrogens with one attached hydrogen (secondary N) is 1. The maximum atomic E-state index is 6.06. The minimum absolute atomic E-state index is 0.508. The van der Waals surface area contributed by atoms with E-state index in [4.69, 9.17) is 4.74 Å². The molecule has 0 aliphatic carbocycles. The Bertz CT molecular complexity index is 453. The molecule has 0 saturated carbocycles. The maximum absolute atomic E-state index is 6.06. The summed E-state index contributed by atoms with van der Waals surface area (Å²) in [6.45, 7) is 7.76. The van der Waals surface area contributed by atoms with Crippen molar-refractivity contribution in [3.8, 4) is 0 Å². The van der Waals surface area contributed by atoms with E-state index in [0.717, 1.165) is 13.0 Å². The molecule has 2 aliphatic heterocycles. The van der Waals surface area contributed by atoms with Gasteiger partial charge in [-0.1, -0.05) is 45.0 Å². The molecule has 2 fully saturated rings. The van der Waals surface area contributed by atoms with Crippen molar-refractivity contribution in [2.24, 2.45) is 5.92 Å². The number of fused-ring (bicyclic) bond motifs is 2. The highest BCUT2D eigenvalue weighted by molar-refractivity contribution is 5.25. The standard InChI is InChI=1S/C19H29NO/c1-4-20-18(17-12-16-9-10-19(17)21-16)11-14-5-7-15(8-6-14)13(2)3/h5-8,13,16-20H,4,9-12H2,1-3H3. The Kier molecular flexibility index (Phi) is 4.66. The first-order valence-corrected chi connectivity index (χ1v) is 8.65. The van der Waals surface area contributed by atoms with Gasteiger partial charge in [0.1, 0.15) is 0 Å². The van der Waals surface area contributed by atoms with Crippen LogP contribution in [0.5, 0.6) is 0 Å². The van der Waals surface area contributed by atoms with Crippen molar-refractivity contribution in [1.82, 2.24) is 5.32 Å². The molecule has 2 nitrogen and oxygen atoms in total. The van der Waals surface area contributed by atoms with Crippen LogP contribution < -0.4 is 5.32 Å². The molecule has 0 amide bonds. The van der Waals surface area contributed by atoms with Crippen molar-refractivity contribution in [3.05, 3.63) is 35.4 Å². The molecular formula is C19H29NO. The molecule has 2 bridgehead atoms. The molecular weight excluding hydrogens is 258 g/mol. The zero-order chi connectivity index (χ0) is 14.8. The van der Waals surface area contributed by atoms with Crippen LogP contribution in [0.4, 0.5) is 0 Å².